The van der Waals surface area contributed by atoms with Crippen molar-refractivity contribution in [2.75, 3.05) is 0 Å². The van der Waals surface area contributed by atoms with E-state index in [2.05, 4.69) is 15.1 Å². The highest BCUT2D eigenvalue weighted by Crippen LogP contribution is 2.12. The summed E-state index contributed by atoms with van der Waals surface area (Å²) in [6.45, 7) is 2.16. The molecule has 0 amide bonds. The van der Waals surface area contributed by atoms with E-state index in [1.165, 1.54) is 17.1 Å². The zero-order valence-corrected chi connectivity index (χ0v) is 10.4. The number of aromatic nitrogens is 4. The van der Waals surface area contributed by atoms with Crippen molar-refractivity contribution < 1.29 is 12.9 Å². The minimum atomic E-state index is -3.80. The molecule has 0 bridgehead atoms. The highest BCUT2D eigenvalue weighted by molar-refractivity contribution is 8.13. The van der Waals surface area contributed by atoms with Gasteiger partial charge in [0.05, 0.1) is 6.33 Å². The van der Waals surface area contributed by atoms with E-state index in [1.54, 1.807) is 0 Å². The fourth-order valence-electron chi connectivity index (χ4n) is 1.21. The molecule has 92 valence electrons. The Bertz CT molecular complexity index is 618. The SMILES string of the molecule is CCc1noc(Cn2cnc(S(=O)(=O)Cl)c2)n1. The average Bonchev–Trinajstić information content (AvgIpc) is 2.86. The molecule has 0 atom stereocenters. The number of nitrogens with zero attached hydrogens (tertiary/aromatic N) is 4. The Morgan fingerprint density at radius 1 is 1.53 bits per heavy atom. The van der Waals surface area contributed by atoms with Crippen LogP contribution in [0, 0.1) is 0 Å². The highest BCUT2D eigenvalue weighted by Gasteiger charge is 2.14. The molecular formula is C8H9ClN4O3S. The Morgan fingerprint density at radius 2 is 2.29 bits per heavy atom. The molecule has 17 heavy (non-hydrogen) atoms. The first-order valence-electron chi connectivity index (χ1n) is 4.77. The van der Waals surface area contributed by atoms with Gasteiger partial charge in [0.1, 0.15) is 6.54 Å². The van der Waals surface area contributed by atoms with Gasteiger partial charge < -0.3 is 9.09 Å². The summed E-state index contributed by atoms with van der Waals surface area (Å²) in [5.41, 5.74) is 0. The normalized spacial score (nSPS) is 11.9. The minimum absolute atomic E-state index is 0.200. The Kier molecular flexibility index (Phi) is 3.16. The van der Waals surface area contributed by atoms with Crippen LogP contribution >= 0.6 is 10.7 Å². The van der Waals surface area contributed by atoms with Gasteiger partial charge in [-0.3, -0.25) is 0 Å². The van der Waals surface area contributed by atoms with Gasteiger partial charge in [-0.2, -0.15) is 4.98 Å². The van der Waals surface area contributed by atoms with Crippen LogP contribution in [0.15, 0.2) is 22.1 Å². The number of rotatable bonds is 4. The van der Waals surface area contributed by atoms with Crippen LogP contribution in [0.5, 0.6) is 0 Å². The topological polar surface area (TPSA) is 90.9 Å². The molecule has 0 aliphatic heterocycles. The van der Waals surface area contributed by atoms with Gasteiger partial charge in [-0.05, 0) is 0 Å². The van der Waals surface area contributed by atoms with Crippen molar-refractivity contribution in [3.05, 3.63) is 24.2 Å². The molecule has 0 spiro atoms. The van der Waals surface area contributed by atoms with E-state index in [4.69, 9.17) is 15.2 Å². The third-order valence-electron chi connectivity index (χ3n) is 2.00. The summed E-state index contributed by atoms with van der Waals surface area (Å²) in [7, 11) is 1.35. The van der Waals surface area contributed by atoms with Crippen molar-refractivity contribution >= 4 is 19.7 Å². The van der Waals surface area contributed by atoms with Crippen LogP contribution in [0.3, 0.4) is 0 Å². The lowest BCUT2D eigenvalue weighted by Gasteiger charge is -1.94. The molecule has 0 N–H and O–H groups in total. The van der Waals surface area contributed by atoms with Crippen LogP contribution in [0.4, 0.5) is 0 Å². The highest BCUT2D eigenvalue weighted by atomic mass is 35.7. The van der Waals surface area contributed by atoms with Crippen molar-refractivity contribution in [1.29, 1.82) is 0 Å². The van der Waals surface area contributed by atoms with E-state index in [-0.39, 0.29) is 11.6 Å². The summed E-state index contributed by atoms with van der Waals surface area (Å²) in [6, 6.07) is 0. The molecule has 0 unspecified atom stereocenters. The molecule has 0 saturated carbocycles. The molecule has 0 radical (unpaired) electrons. The number of halogens is 1. The minimum Gasteiger partial charge on any atom is -0.337 e. The van der Waals surface area contributed by atoms with E-state index < -0.39 is 9.05 Å². The first kappa shape index (κ1) is 12.1. The van der Waals surface area contributed by atoms with Crippen molar-refractivity contribution in [3.63, 3.8) is 0 Å². The second-order valence-electron chi connectivity index (χ2n) is 3.28. The quantitative estimate of drug-likeness (QED) is 0.767. The number of aryl methyl sites for hydroxylation is 1. The Balaban J connectivity index is 2.17. The third-order valence-corrected chi connectivity index (χ3v) is 3.19. The maximum Gasteiger partial charge on any atom is 0.280 e. The molecule has 0 saturated heterocycles. The zero-order chi connectivity index (χ0) is 12.5. The lowest BCUT2D eigenvalue weighted by atomic mass is 10.5. The largest absolute Gasteiger partial charge is 0.337 e. The predicted octanol–water partition coefficient (Wildman–Crippen LogP) is 0.804. The van der Waals surface area contributed by atoms with Crippen LogP contribution in [-0.2, 0) is 22.0 Å². The number of imidazole rings is 1. The van der Waals surface area contributed by atoms with Gasteiger partial charge in [-0.15, -0.1) is 0 Å². The van der Waals surface area contributed by atoms with E-state index in [0.29, 0.717) is 18.1 Å². The molecule has 0 aromatic carbocycles. The average molecular weight is 277 g/mol. The van der Waals surface area contributed by atoms with Crippen LogP contribution < -0.4 is 0 Å². The maximum absolute atomic E-state index is 11.0. The van der Waals surface area contributed by atoms with E-state index >= 15 is 0 Å². The van der Waals surface area contributed by atoms with Gasteiger partial charge in [0.2, 0.25) is 5.89 Å². The van der Waals surface area contributed by atoms with Crippen molar-refractivity contribution in [3.8, 4) is 0 Å². The monoisotopic (exact) mass is 276 g/mol. The standard InChI is InChI=1S/C8H9ClN4O3S/c1-2-6-11-7(16-12-6)3-13-4-8(10-5-13)17(9,14)15/h4-5H,2-3H2,1H3. The maximum atomic E-state index is 11.0. The second-order valence-corrected chi connectivity index (χ2v) is 5.79. The summed E-state index contributed by atoms with van der Waals surface area (Å²) in [4.78, 5) is 7.75. The van der Waals surface area contributed by atoms with E-state index in [0.717, 1.165) is 0 Å². The Hall–Kier alpha value is -1.41. The molecule has 2 aromatic heterocycles. The first-order valence-corrected chi connectivity index (χ1v) is 7.08. The van der Waals surface area contributed by atoms with Crippen LogP contribution in [-0.4, -0.2) is 28.1 Å². The van der Waals surface area contributed by atoms with Crippen LogP contribution in [0.1, 0.15) is 18.6 Å². The summed E-state index contributed by atoms with van der Waals surface area (Å²) in [5.74, 6) is 0.989. The molecule has 0 aliphatic carbocycles. The molecular weight excluding hydrogens is 268 g/mol. The Labute approximate surface area is 102 Å². The lowest BCUT2D eigenvalue weighted by molar-refractivity contribution is 0.366. The van der Waals surface area contributed by atoms with Gasteiger partial charge >= 0.3 is 0 Å². The summed E-state index contributed by atoms with van der Waals surface area (Å²) >= 11 is 0. The van der Waals surface area contributed by atoms with Crippen molar-refractivity contribution in [1.82, 2.24) is 19.7 Å². The van der Waals surface area contributed by atoms with E-state index in [9.17, 15) is 8.42 Å². The molecule has 2 heterocycles. The predicted molar refractivity (Wildman–Crippen MR) is 58.0 cm³/mol. The van der Waals surface area contributed by atoms with Gasteiger partial charge in [0.25, 0.3) is 9.05 Å². The van der Waals surface area contributed by atoms with Crippen LogP contribution in [0.25, 0.3) is 0 Å². The fraction of sp³-hybridized carbons (Fsp3) is 0.375. The molecule has 0 fully saturated rings. The van der Waals surface area contributed by atoms with Crippen LogP contribution in [0.2, 0.25) is 0 Å². The van der Waals surface area contributed by atoms with Crippen molar-refractivity contribution in [2.24, 2.45) is 0 Å². The van der Waals surface area contributed by atoms with Gasteiger partial charge in [-0.1, -0.05) is 12.1 Å². The third kappa shape index (κ3) is 2.83. The van der Waals surface area contributed by atoms with Gasteiger partial charge in [-0.25, -0.2) is 13.4 Å². The first-order chi connectivity index (χ1) is 7.99. The molecule has 0 aliphatic rings. The number of hydrogen-bond acceptors (Lipinski definition) is 6. The van der Waals surface area contributed by atoms with Gasteiger partial charge in [0, 0.05) is 23.3 Å². The fourth-order valence-corrected chi connectivity index (χ4v) is 1.88. The molecule has 7 nitrogen and oxygen atoms in total. The van der Waals surface area contributed by atoms with Crippen molar-refractivity contribution in [2.45, 2.75) is 24.9 Å². The zero-order valence-electron chi connectivity index (χ0n) is 8.87. The molecule has 9 heteroatoms. The summed E-state index contributed by atoms with van der Waals surface area (Å²) in [6.07, 6.45) is 3.32. The second kappa shape index (κ2) is 4.46. The molecule has 2 rings (SSSR count). The summed E-state index contributed by atoms with van der Waals surface area (Å²) < 4.78 is 28.4. The van der Waals surface area contributed by atoms with E-state index in [1.807, 2.05) is 6.92 Å². The Morgan fingerprint density at radius 3 is 2.82 bits per heavy atom. The smallest absolute Gasteiger partial charge is 0.280 e. The number of hydrogen-bond donors (Lipinski definition) is 0. The van der Waals surface area contributed by atoms with Gasteiger partial charge in [0.15, 0.2) is 10.9 Å². The lowest BCUT2D eigenvalue weighted by Crippen LogP contribution is -1.97. The molecule has 2 aromatic rings. The summed E-state index contributed by atoms with van der Waals surface area (Å²) in [5, 5.41) is 3.52.